The lowest BCUT2D eigenvalue weighted by Gasteiger charge is -2.31. The van der Waals surface area contributed by atoms with Crippen molar-refractivity contribution >= 4 is 11.8 Å². The van der Waals surface area contributed by atoms with Gasteiger partial charge in [0.15, 0.2) is 0 Å². The highest BCUT2D eigenvalue weighted by atomic mass is 32.2. The quantitative estimate of drug-likeness (QED) is 0.560. The fraction of sp³-hybridized carbons (Fsp3) is 0.750. The van der Waals surface area contributed by atoms with E-state index < -0.39 is 0 Å². The van der Waals surface area contributed by atoms with Crippen LogP contribution in [0.4, 0.5) is 0 Å². The minimum absolute atomic E-state index is 0.747. The second kappa shape index (κ2) is 4.04. The van der Waals surface area contributed by atoms with Gasteiger partial charge in [-0.1, -0.05) is 6.08 Å². The summed E-state index contributed by atoms with van der Waals surface area (Å²) in [6.07, 6.45) is 1.99. The average molecular weight is 157 g/mol. The second-order valence-electron chi connectivity index (χ2n) is 2.71. The van der Waals surface area contributed by atoms with E-state index in [0.717, 1.165) is 12.6 Å². The molecule has 1 heterocycles. The molecule has 58 valence electrons. The van der Waals surface area contributed by atoms with Crippen LogP contribution in [0.15, 0.2) is 12.7 Å². The van der Waals surface area contributed by atoms with E-state index in [0.29, 0.717) is 0 Å². The molecule has 10 heavy (non-hydrogen) atoms. The Labute approximate surface area is 67.5 Å². The van der Waals surface area contributed by atoms with Crippen LogP contribution in [0.5, 0.6) is 0 Å². The molecule has 0 aromatic heterocycles. The third-order valence-electron chi connectivity index (χ3n) is 1.87. The highest BCUT2D eigenvalue weighted by Gasteiger charge is 2.16. The molecule has 1 atom stereocenters. The predicted octanol–water partition coefficient (Wildman–Crippen LogP) is 1.61. The van der Waals surface area contributed by atoms with E-state index in [1.165, 1.54) is 18.1 Å². The molecule has 1 aliphatic heterocycles. The van der Waals surface area contributed by atoms with Gasteiger partial charge >= 0.3 is 0 Å². The summed E-state index contributed by atoms with van der Waals surface area (Å²) >= 11 is 2.06. The van der Waals surface area contributed by atoms with Gasteiger partial charge in [0.05, 0.1) is 0 Å². The zero-order valence-electron chi connectivity index (χ0n) is 6.55. The van der Waals surface area contributed by atoms with Crippen LogP contribution in [0.1, 0.15) is 6.92 Å². The third-order valence-corrected chi connectivity index (χ3v) is 3.06. The third kappa shape index (κ3) is 2.03. The van der Waals surface area contributed by atoms with Crippen molar-refractivity contribution in [1.82, 2.24) is 4.90 Å². The van der Waals surface area contributed by atoms with Gasteiger partial charge in [-0.05, 0) is 6.92 Å². The topological polar surface area (TPSA) is 3.24 Å². The minimum Gasteiger partial charge on any atom is -0.295 e. The van der Waals surface area contributed by atoms with Gasteiger partial charge in [-0.3, -0.25) is 4.90 Å². The maximum Gasteiger partial charge on any atom is 0.0164 e. The summed E-state index contributed by atoms with van der Waals surface area (Å²) < 4.78 is 0. The molecule has 1 fully saturated rings. The number of nitrogens with zero attached hydrogens (tertiary/aromatic N) is 1. The van der Waals surface area contributed by atoms with E-state index >= 15 is 0 Å². The molecule has 0 N–H and O–H groups in total. The Hall–Kier alpha value is 0.0500. The molecule has 1 nitrogen and oxygen atoms in total. The molecule has 0 aliphatic carbocycles. The molecular formula is C8H15NS. The standard InChI is InChI=1S/C8H15NS/c1-3-4-9-5-6-10-7-8(9)2/h3,8H,1,4-7H2,2H3. The fourth-order valence-corrected chi connectivity index (χ4v) is 2.28. The maximum absolute atomic E-state index is 3.74. The predicted molar refractivity (Wildman–Crippen MR) is 48.6 cm³/mol. The molecule has 1 aliphatic rings. The molecule has 0 aromatic carbocycles. The van der Waals surface area contributed by atoms with Crippen molar-refractivity contribution in [3.8, 4) is 0 Å². The Morgan fingerprint density at radius 3 is 3.20 bits per heavy atom. The Morgan fingerprint density at radius 1 is 1.80 bits per heavy atom. The Morgan fingerprint density at radius 2 is 2.60 bits per heavy atom. The molecule has 1 unspecified atom stereocenters. The lowest BCUT2D eigenvalue weighted by Crippen LogP contribution is -2.40. The van der Waals surface area contributed by atoms with Crippen LogP contribution >= 0.6 is 11.8 Å². The van der Waals surface area contributed by atoms with Gasteiger partial charge in [-0.15, -0.1) is 6.58 Å². The van der Waals surface area contributed by atoms with E-state index in [9.17, 15) is 0 Å². The minimum atomic E-state index is 0.747. The van der Waals surface area contributed by atoms with E-state index in [2.05, 4.69) is 30.2 Å². The van der Waals surface area contributed by atoms with Crippen LogP contribution in [-0.2, 0) is 0 Å². The zero-order chi connectivity index (χ0) is 7.40. The largest absolute Gasteiger partial charge is 0.295 e. The van der Waals surface area contributed by atoms with Gasteiger partial charge in [0.25, 0.3) is 0 Å². The first-order chi connectivity index (χ1) is 4.84. The van der Waals surface area contributed by atoms with Crippen LogP contribution in [-0.4, -0.2) is 35.5 Å². The Balaban J connectivity index is 2.32. The molecule has 0 amide bonds. The summed E-state index contributed by atoms with van der Waals surface area (Å²) in [6.45, 7) is 8.32. The molecule has 1 rings (SSSR count). The van der Waals surface area contributed by atoms with Crippen molar-refractivity contribution in [2.45, 2.75) is 13.0 Å². The van der Waals surface area contributed by atoms with Crippen molar-refractivity contribution in [1.29, 1.82) is 0 Å². The van der Waals surface area contributed by atoms with Crippen LogP contribution in [0.3, 0.4) is 0 Å². The van der Waals surface area contributed by atoms with Gasteiger partial charge in [-0.25, -0.2) is 0 Å². The number of thioether (sulfide) groups is 1. The van der Waals surface area contributed by atoms with Crippen LogP contribution in [0.2, 0.25) is 0 Å². The number of hydrogen-bond acceptors (Lipinski definition) is 2. The molecule has 0 radical (unpaired) electrons. The Bertz CT molecular complexity index is 114. The fourth-order valence-electron chi connectivity index (χ4n) is 1.20. The lowest BCUT2D eigenvalue weighted by atomic mass is 10.3. The second-order valence-corrected chi connectivity index (χ2v) is 3.86. The molecule has 0 aromatic rings. The summed E-state index contributed by atoms with van der Waals surface area (Å²) in [5, 5.41) is 0. The maximum atomic E-state index is 3.74. The van der Waals surface area contributed by atoms with Crippen molar-refractivity contribution < 1.29 is 0 Å². The van der Waals surface area contributed by atoms with Gasteiger partial charge in [0.2, 0.25) is 0 Å². The van der Waals surface area contributed by atoms with Crippen molar-refractivity contribution in [2.75, 3.05) is 24.6 Å². The highest BCUT2D eigenvalue weighted by Crippen LogP contribution is 2.14. The summed E-state index contributed by atoms with van der Waals surface area (Å²) in [7, 11) is 0. The van der Waals surface area contributed by atoms with Crippen molar-refractivity contribution in [2.24, 2.45) is 0 Å². The van der Waals surface area contributed by atoms with Crippen LogP contribution < -0.4 is 0 Å². The molecule has 2 heteroatoms. The first-order valence-electron chi connectivity index (χ1n) is 3.77. The summed E-state index contributed by atoms with van der Waals surface area (Å²) in [5.41, 5.74) is 0. The highest BCUT2D eigenvalue weighted by molar-refractivity contribution is 7.99. The molecule has 0 bridgehead atoms. The van der Waals surface area contributed by atoms with E-state index in [1.54, 1.807) is 0 Å². The summed E-state index contributed by atoms with van der Waals surface area (Å²) in [6, 6.07) is 0.747. The van der Waals surface area contributed by atoms with Crippen LogP contribution in [0.25, 0.3) is 0 Å². The summed E-state index contributed by atoms with van der Waals surface area (Å²) in [4.78, 5) is 2.48. The molecule has 1 saturated heterocycles. The zero-order valence-corrected chi connectivity index (χ0v) is 7.36. The van der Waals surface area contributed by atoms with Gasteiger partial charge < -0.3 is 0 Å². The SMILES string of the molecule is C=CCN1CCSCC1C. The van der Waals surface area contributed by atoms with Crippen LogP contribution in [0, 0.1) is 0 Å². The first kappa shape index (κ1) is 8.15. The van der Waals surface area contributed by atoms with Gasteiger partial charge in [-0.2, -0.15) is 11.8 Å². The number of rotatable bonds is 2. The average Bonchev–Trinajstić information content (AvgIpc) is 1.94. The number of hydrogen-bond donors (Lipinski definition) is 0. The van der Waals surface area contributed by atoms with E-state index in [-0.39, 0.29) is 0 Å². The molecule has 0 saturated carbocycles. The Kier molecular flexibility index (Phi) is 3.29. The van der Waals surface area contributed by atoms with Gasteiger partial charge in [0.1, 0.15) is 0 Å². The van der Waals surface area contributed by atoms with Crippen molar-refractivity contribution in [3.05, 3.63) is 12.7 Å². The van der Waals surface area contributed by atoms with Gasteiger partial charge in [0, 0.05) is 30.6 Å². The molecule has 0 spiro atoms. The molecular weight excluding hydrogens is 142 g/mol. The van der Waals surface area contributed by atoms with Crippen molar-refractivity contribution in [3.63, 3.8) is 0 Å². The van der Waals surface area contributed by atoms with E-state index in [4.69, 9.17) is 0 Å². The first-order valence-corrected chi connectivity index (χ1v) is 4.92. The monoisotopic (exact) mass is 157 g/mol. The summed E-state index contributed by atoms with van der Waals surface area (Å²) in [5.74, 6) is 2.58. The van der Waals surface area contributed by atoms with E-state index in [1.807, 2.05) is 6.08 Å². The lowest BCUT2D eigenvalue weighted by molar-refractivity contribution is 0.258. The smallest absolute Gasteiger partial charge is 0.0164 e. The normalized spacial score (nSPS) is 28.3.